The van der Waals surface area contributed by atoms with Gasteiger partial charge in [-0.25, -0.2) is 0 Å². The standard InChI is InChI=1S/C11H20ClO15P5.B/c12-11(32(25,26)27,7-4-2-1-3-5-7)10(31(22,23)24)9(30(19,20)21)8(29(16,17)18)6-28(13,14)15;/h1-5,8-10H,6H2,(H2,13,14,15)(H2,16,17,18)(H2,19,20,21)(H2,22,23,24)(H2,25,26,27);. The summed E-state index contributed by atoms with van der Waals surface area (Å²) in [6, 6.07) is 5.09. The van der Waals surface area contributed by atoms with Crippen molar-refractivity contribution >= 4 is 58.0 Å². The van der Waals surface area contributed by atoms with Crippen LogP contribution in [0.2, 0.25) is 0 Å². The van der Waals surface area contributed by atoms with Gasteiger partial charge in [-0.3, -0.25) is 22.8 Å². The van der Waals surface area contributed by atoms with Gasteiger partial charge in [0.1, 0.15) is 5.66 Å². The van der Waals surface area contributed by atoms with Gasteiger partial charge in [-0.2, -0.15) is 0 Å². The molecule has 0 aliphatic heterocycles. The van der Waals surface area contributed by atoms with Crippen molar-refractivity contribution in [2.24, 2.45) is 0 Å². The molecular weight excluding hydrogens is 573 g/mol. The first-order valence-electron chi connectivity index (χ1n) is 7.94. The summed E-state index contributed by atoms with van der Waals surface area (Å²) in [6.45, 7) is 0. The second-order valence-corrected chi connectivity index (χ2v) is 16.4. The van der Waals surface area contributed by atoms with Crippen LogP contribution in [0.4, 0.5) is 0 Å². The third-order valence-electron chi connectivity index (χ3n) is 4.32. The second-order valence-electron chi connectivity index (χ2n) is 6.70. The molecule has 0 heterocycles. The maximum Gasteiger partial charge on any atom is 0.351 e. The normalized spacial score (nSPS) is 18.5. The van der Waals surface area contributed by atoms with Crippen LogP contribution in [0.15, 0.2) is 30.3 Å². The van der Waals surface area contributed by atoms with E-state index in [4.69, 9.17) is 21.4 Å². The van der Waals surface area contributed by atoms with Crippen molar-refractivity contribution < 1.29 is 71.8 Å². The van der Waals surface area contributed by atoms with E-state index in [-0.39, 0.29) is 8.41 Å². The van der Waals surface area contributed by atoms with Crippen LogP contribution in [0.3, 0.4) is 0 Å². The van der Waals surface area contributed by atoms with Gasteiger partial charge in [0, 0.05) is 8.41 Å². The fourth-order valence-corrected chi connectivity index (χ4v) is 13.4. The van der Waals surface area contributed by atoms with E-state index in [1.165, 1.54) is 6.07 Å². The largest absolute Gasteiger partial charge is 0.351 e. The number of hydrogen-bond donors (Lipinski definition) is 10. The first kappa shape index (κ1) is 33.3. The molecule has 1 aromatic carbocycles. The van der Waals surface area contributed by atoms with Crippen LogP contribution in [-0.2, 0) is 27.4 Å². The third kappa shape index (κ3) is 8.17. The van der Waals surface area contributed by atoms with Gasteiger partial charge in [-0.15, -0.1) is 0 Å². The van der Waals surface area contributed by atoms with Crippen molar-refractivity contribution in [2.75, 3.05) is 6.16 Å². The molecule has 15 nitrogen and oxygen atoms in total. The minimum Gasteiger partial charge on any atom is -0.324 e. The smallest absolute Gasteiger partial charge is 0.324 e. The molecule has 0 bridgehead atoms. The third-order valence-corrected chi connectivity index (χ3v) is 13.0. The van der Waals surface area contributed by atoms with Gasteiger partial charge in [0.15, 0.2) is 4.62 Å². The molecule has 0 spiro atoms. The highest BCUT2D eigenvalue weighted by Crippen LogP contribution is 2.74. The fourth-order valence-electron chi connectivity index (χ4n) is 3.11. The lowest BCUT2D eigenvalue weighted by molar-refractivity contribution is 0.289. The van der Waals surface area contributed by atoms with E-state index in [1.54, 1.807) is 0 Å². The van der Waals surface area contributed by atoms with Crippen molar-refractivity contribution in [2.45, 2.75) is 21.6 Å². The van der Waals surface area contributed by atoms with Crippen molar-refractivity contribution in [1.82, 2.24) is 0 Å². The van der Waals surface area contributed by atoms with Gasteiger partial charge in [0.05, 0.1) is 17.5 Å². The lowest BCUT2D eigenvalue weighted by Gasteiger charge is -2.42. The van der Waals surface area contributed by atoms with Gasteiger partial charge >= 0.3 is 38.0 Å². The lowest BCUT2D eigenvalue weighted by atomic mass is 10.0. The Morgan fingerprint density at radius 1 is 0.727 bits per heavy atom. The molecule has 0 aliphatic rings. The SMILES string of the molecule is O=P(O)(O)CC(C(C(C(Cl)(c1ccccc1)P(=O)(O)O)P(=O)(O)O)P(=O)(O)O)P(=O)(O)O.[B]. The van der Waals surface area contributed by atoms with Crippen LogP contribution >= 0.6 is 49.6 Å². The summed E-state index contributed by atoms with van der Waals surface area (Å²) < 4.78 is 56.7. The van der Waals surface area contributed by atoms with Crippen LogP contribution in [0, 0.1) is 0 Å². The zero-order valence-electron chi connectivity index (χ0n) is 16.0. The summed E-state index contributed by atoms with van der Waals surface area (Å²) >= 11 is 6.01. The zero-order valence-corrected chi connectivity index (χ0v) is 21.3. The highest BCUT2D eigenvalue weighted by atomic mass is 35.5. The molecule has 189 valence electrons. The molecule has 0 aromatic heterocycles. The predicted molar refractivity (Wildman–Crippen MR) is 116 cm³/mol. The van der Waals surface area contributed by atoms with Crippen molar-refractivity contribution in [3.8, 4) is 0 Å². The van der Waals surface area contributed by atoms with E-state index in [0.29, 0.717) is 0 Å². The number of hydrogen-bond acceptors (Lipinski definition) is 5. The van der Waals surface area contributed by atoms with Crippen LogP contribution in [0.5, 0.6) is 0 Å². The highest BCUT2D eigenvalue weighted by molar-refractivity contribution is 7.62. The summed E-state index contributed by atoms with van der Waals surface area (Å²) in [6.07, 6.45) is -1.99. The number of alkyl halides is 1. The molecule has 4 unspecified atom stereocenters. The summed E-state index contributed by atoms with van der Waals surface area (Å²) in [5.41, 5.74) is -10.8. The van der Waals surface area contributed by atoms with Crippen molar-refractivity contribution in [3.63, 3.8) is 0 Å². The van der Waals surface area contributed by atoms with Gasteiger partial charge in [-0.1, -0.05) is 41.9 Å². The average Bonchev–Trinajstić information content (AvgIpc) is 2.53. The molecule has 0 aliphatic carbocycles. The molecule has 3 radical (unpaired) electrons. The summed E-state index contributed by atoms with van der Waals surface area (Å²) in [5.74, 6) is 0. The quantitative estimate of drug-likeness (QED) is 0.0946. The van der Waals surface area contributed by atoms with E-state index in [1.807, 2.05) is 0 Å². The number of benzene rings is 1. The molecule has 10 N–H and O–H groups in total. The van der Waals surface area contributed by atoms with Gasteiger partial charge in [0.25, 0.3) is 0 Å². The second kappa shape index (κ2) is 10.7. The van der Waals surface area contributed by atoms with Crippen LogP contribution < -0.4 is 0 Å². The van der Waals surface area contributed by atoms with Crippen molar-refractivity contribution in [1.29, 1.82) is 0 Å². The lowest BCUT2D eigenvalue weighted by Crippen LogP contribution is -2.48. The predicted octanol–water partition coefficient (Wildman–Crippen LogP) is -0.308. The van der Waals surface area contributed by atoms with Gasteiger partial charge < -0.3 is 48.9 Å². The van der Waals surface area contributed by atoms with E-state index in [9.17, 15) is 62.0 Å². The molecule has 1 rings (SSSR count). The summed E-state index contributed by atoms with van der Waals surface area (Å²) in [7, 11) is -30.0. The Balaban J connectivity index is 0.0000102. The molecule has 4 atom stereocenters. The highest BCUT2D eigenvalue weighted by Gasteiger charge is 2.68. The van der Waals surface area contributed by atoms with E-state index < -0.39 is 71.3 Å². The maximum atomic E-state index is 12.4. The van der Waals surface area contributed by atoms with Crippen LogP contribution in [-0.4, -0.2) is 80.5 Å². The van der Waals surface area contributed by atoms with Gasteiger partial charge in [0.2, 0.25) is 0 Å². The molecule has 0 fully saturated rings. The molecule has 0 saturated heterocycles. The Morgan fingerprint density at radius 3 is 1.42 bits per heavy atom. The topological polar surface area (TPSA) is 288 Å². The molecule has 22 heteroatoms. The Labute approximate surface area is 193 Å². The number of halogens is 1. The first-order valence-corrected chi connectivity index (χ1v) is 16.8. The Bertz CT molecular complexity index is 1060. The molecule has 0 amide bonds. The zero-order chi connectivity index (χ0) is 25.6. The molecule has 1 aromatic rings. The Morgan fingerprint density at radius 2 is 1.15 bits per heavy atom. The Kier molecular flexibility index (Phi) is 10.9. The number of rotatable bonds is 10. The van der Waals surface area contributed by atoms with Crippen molar-refractivity contribution in [3.05, 3.63) is 35.9 Å². The molecule has 33 heavy (non-hydrogen) atoms. The summed E-state index contributed by atoms with van der Waals surface area (Å²) in [5, 5.41) is 0. The minimum atomic E-state index is -6.21. The van der Waals surface area contributed by atoms with E-state index in [2.05, 4.69) is 0 Å². The first-order chi connectivity index (χ1) is 13.9. The average molecular weight is 593 g/mol. The monoisotopic (exact) mass is 593 g/mol. The summed E-state index contributed by atoms with van der Waals surface area (Å²) in [4.78, 5) is 96.5. The van der Waals surface area contributed by atoms with Gasteiger partial charge in [-0.05, 0) is 5.56 Å². The maximum absolute atomic E-state index is 12.4. The van der Waals surface area contributed by atoms with Crippen LogP contribution in [0.1, 0.15) is 5.56 Å². The van der Waals surface area contributed by atoms with E-state index in [0.717, 1.165) is 24.3 Å². The van der Waals surface area contributed by atoms with E-state index >= 15 is 0 Å². The molecular formula is C11H20BClO15P5. The minimum absolute atomic E-state index is 0. The fraction of sp³-hybridized carbons (Fsp3) is 0.455. The van der Waals surface area contributed by atoms with Crippen LogP contribution in [0.25, 0.3) is 0 Å². The Hall–Kier alpha value is 0.325. The molecule has 0 saturated carbocycles.